The number of carbonyl (C=O) groups is 1. The standard InChI is InChI=1S/C9H19N3O/c1-6(2)9(13)8(11)4-5-12-7(3)10/h6,8H,4-5,11H2,1-3H3,(H2,10,12). The Balaban J connectivity index is 3.81. The predicted molar refractivity (Wildman–Crippen MR) is 54.6 cm³/mol. The van der Waals surface area contributed by atoms with E-state index in [-0.39, 0.29) is 11.7 Å². The van der Waals surface area contributed by atoms with E-state index in [1.165, 1.54) is 0 Å². The minimum Gasteiger partial charge on any atom is -0.388 e. The quantitative estimate of drug-likeness (QED) is 0.477. The molecule has 13 heavy (non-hydrogen) atoms. The Morgan fingerprint density at radius 3 is 2.38 bits per heavy atom. The van der Waals surface area contributed by atoms with E-state index in [9.17, 15) is 4.79 Å². The van der Waals surface area contributed by atoms with Crippen LogP contribution < -0.4 is 11.5 Å². The third kappa shape index (κ3) is 5.36. The second kappa shape index (κ2) is 5.70. The molecular weight excluding hydrogens is 166 g/mol. The summed E-state index contributed by atoms with van der Waals surface area (Å²) < 4.78 is 0. The normalized spacial score (nSPS) is 14.7. The molecule has 0 aliphatic rings. The molecule has 0 aliphatic heterocycles. The van der Waals surface area contributed by atoms with Gasteiger partial charge in [-0.15, -0.1) is 0 Å². The lowest BCUT2D eigenvalue weighted by Gasteiger charge is -2.11. The highest BCUT2D eigenvalue weighted by Gasteiger charge is 2.15. The molecule has 4 heteroatoms. The number of nitrogens with two attached hydrogens (primary N) is 2. The smallest absolute Gasteiger partial charge is 0.152 e. The summed E-state index contributed by atoms with van der Waals surface area (Å²) in [6, 6.07) is -0.400. The summed E-state index contributed by atoms with van der Waals surface area (Å²) in [4.78, 5) is 15.3. The monoisotopic (exact) mass is 185 g/mol. The minimum absolute atomic E-state index is 0.00190. The lowest BCUT2D eigenvalue weighted by atomic mass is 10.0. The fourth-order valence-corrected chi connectivity index (χ4v) is 0.950. The number of hydrogen-bond acceptors (Lipinski definition) is 3. The highest BCUT2D eigenvalue weighted by Crippen LogP contribution is 2.01. The lowest BCUT2D eigenvalue weighted by Crippen LogP contribution is -2.34. The minimum atomic E-state index is -0.400. The first-order valence-corrected chi connectivity index (χ1v) is 4.51. The van der Waals surface area contributed by atoms with Crippen molar-refractivity contribution in [2.45, 2.75) is 33.2 Å². The molecule has 0 radical (unpaired) electrons. The van der Waals surface area contributed by atoms with Gasteiger partial charge in [-0.2, -0.15) is 0 Å². The Labute approximate surface area is 79.4 Å². The number of nitrogens with zero attached hydrogens (tertiary/aromatic N) is 1. The number of carbonyl (C=O) groups excluding carboxylic acids is 1. The summed E-state index contributed by atoms with van der Waals surface area (Å²) in [7, 11) is 0. The van der Waals surface area contributed by atoms with Gasteiger partial charge in [-0.25, -0.2) is 0 Å². The maximum Gasteiger partial charge on any atom is 0.152 e. The van der Waals surface area contributed by atoms with Crippen molar-refractivity contribution in [2.24, 2.45) is 22.4 Å². The zero-order chi connectivity index (χ0) is 10.4. The van der Waals surface area contributed by atoms with Crippen molar-refractivity contribution in [3.63, 3.8) is 0 Å². The largest absolute Gasteiger partial charge is 0.388 e. The zero-order valence-electron chi connectivity index (χ0n) is 8.58. The molecule has 1 atom stereocenters. The SMILES string of the molecule is CC(N)=NCCC(N)C(=O)C(C)C. The molecule has 76 valence electrons. The van der Waals surface area contributed by atoms with Gasteiger partial charge in [-0.05, 0) is 13.3 Å². The molecular formula is C9H19N3O. The van der Waals surface area contributed by atoms with Gasteiger partial charge >= 0.3 is 0 Å². The van der Waals surface area contributed by atoms with Crippen LogP contribution in [0.15, 0.2) is 4.99 Å². The summed E-state index contributed by atoms with van der Waals surface area (Å²) in [6.45, 7) is 5.94. The molecule has 0 saturated heterocycles. The topological polar surface area (TPSA) is 81.5 Å². The van der Waals surface area contributed by atoms with Gasteiger partial charge in [0.1, 0.15) is 0 Å². The third-order valence-corrected chi connectivity index (χ3v) is 1.74. The molecule has 0 rings (SSSR count). The van der Waals surface area contributed by atoms with Crippen LogP contribution in [0.2, 0.25) is 0 Å². The first-order chi connectivity index (χ1) is 5.95. The van der Waals surface area contributed by atoms with Gasteiger partial charge in [-0.3, -0.25) is 9.79 Å². The highest BCUT2D eigenvalue weighted by atomic mass is 16.1. The Morgan fingerprint density at radius 2 is 2.00 bits per heavy atom. The Morgan fingerprint density at radius 1 is 1.46 bits per heavy atom. The van der Waals surface area contributed by atoms with Crippen LogP contribution in [0, 0.1) is 5.92 Å². The number of rotatable bonds is 5. The van der Waals surface area contributed by atoms with Gasteiger partial charge in [-0.1, -0.05) is 13.8 Å². The van der Waals surface area contributed by atoms with Gasteiger partial charge in [0.25, 0.3) is 0 Å². The summed E-state index contributed by atoms with van der Waals surface area (Å²) in [5.74, 6) is 0.618. The zero-order valence-corrected chi connectivity index (χ0v) is 8.58. The molecule has 0 heterocycles. The summed E-state index contributed by atoms with van der Waals surface area (Å²) in [5.41, 5.74) is 11.0. The van der Waals surface area contributed by atoms with Crippen molar-refractivity contribution in [1.29, 1.82) is 0 Å². The molecule has 0 aliphatic carbocycles. The maximum absolute atomic E-state index is 11.3. The molecule has 0 aromatic rings. The Kier molecular flexibility index (Phi) is 5.30. The van der Waals surface area contributed by atoms with Crippen LogP contribution >= 0.6 is 0 Å². The number of Topliss-reactive ketones (excluding diaryl/α,β-unsaturated/α-hetero) is 1. The van der Waals surface area contributed by atoms with E-state index < -0.39 is 6.04 Å². The van der Waals surface area contributed by atoms with Gasteiger partial charge in [0.05, 0.1) is 11.9 Å². The fraction of sp³-hybridized carbons (Fsp3) is 0.778. The number of hydrogen-bond donors (Lipinski definition) is 2. The molecule has 1 unspecified atom stereocenters. The van der Waals surface area contributed by atoms with Crippen LogP contribution in [0.3, 0.4) is 0 Å². The van der Waals surface area contributed by atoms with Gasteiger partial charge in [0, 0.05) is 12.5 Å². The van der Waals surface area contributed by atoms with E-state index in [0.29, 0.717) is 18.8 Å². The molecule has 0 saturated carbocycles. The first kappa shape index (κ1) is 12.1. The van der Waals surface area contributed by atoms with Gasteiger partial charge in [0.2, 0.25) is 0 Å². The molecule has 0 aromatic carbocycles. The lowest BCUT2D eigenvalue weighted by molar-refractivity contribution is -0.123. The number of ketones is 1. The van der Waals surface area contributed by atoms with Crippen molar-refractivity contribution >= 4 is 11.6 Å². The molecule has 4 nitrogen and oxygen atoms in total. The van der Waals surface area contributed by atoms with Crippen molar-refractivity contribution in [2.75, 3.05) is 6.54 Å². The van der Waals surface area contributed by atoms with Crippen LogP contribution in [-0.2, 0) is 4.79 Å². The van der Waals surface area contributed by atoms with E-state index in [4.69, 9.17) is 11.5 Å². The number of aliphatic imine (C=N–C) groups is 1. The van der Waals surface area contributed by atoms with Gasteiger partial charge < -0.3 is 11.5 Å². The molecule has 0 amide bonds. The van der Waals surface area contributed by atoms with Crippen molar-refractivity contribution in [1.82, 2.24) is 0 Å². The van der Waals surface area contributed by atoms with Crippen LogP contribution in [0.1, 0.15) is 27.2 Å². The van der Waals surface area contributed by atoms with E-state index >= 15 is 0 Å². The predicted octanol–water partition coefficient (Wildman–Crippen LogP) is 0.306. The molecule has 0 fully saturated rings. The van der Waals surface area contributed by atoms with Crippen molar-refractivity contribution in [3.05, 3.63) is 0 Å². The second-order valence-electron chi connectivity index (χ2n) is 3.48. The summed E-state index contributed by atoms with van der Waals surface area (Å²) in [6.07, 6.45) is 0.575. The second-order valence-corrected chi connectivity index (χ2v) is 3.48. The molecule has 0 spiro atoms. The van der Waals surface area contributed by atoms with Gasteiger partial charge in [0.15, 0.2) is 5.78 Å². The van der Waals surface area contributed by atoms with Crippen LogP contribution in [0.5, 0.6) is 0 Å². The highest BCUT2D eigenvalue weighted by molar-refractivity contribution is 5.85. The van der Waals surface area contributed by atoms with E-state index in [1.807, 2.05) is 13.8 Å². The molecule has 0 bridgehead atoms. The molecule has 4 N–H and O–H groups in total. The summed E-state index contributed by atoms with van der Waals surface area (Å²) in [5, 5.41) is 0. The van der Waals surface area contributed by atoms with Crippen LogP contribution in [-0.4, -0.2) is 24.2 Å². The third-order valence-electron chi connectivity index (χ3n) is 1.74. The average molecular weight is 185 g/mol. The van der Waals surface area contributed by atoms with Crippen molar-refractivity contribution < 1.29 is 4.79 Å². The first-order valence-electron chi connectivity index (χ1n) is 4.51. The summed E-state index contributed by atoms with van der Waals surface area (Å²) >= 11 is 0. The van der Waals surface area contributed by atoms with Crippen molar-refractivity contribution in [3.8, 4) is 0 Å². The van der Waals surface area contributed by atoms with E-state index in [0.717, 1.165) is 0 Å². The average Bonchev–Trinajstić information content (AvgIpc) is 2.02. The maximum atomic E-state index is 11.3. The fourth-order valence-electron chi connectivity index (χ4n) is 0.950. The van der Waals surface area contributed by atoms with E-state index in [1.54, 1.807) is 6.92 Å². The van der Waals surface area contributed by atoms with Crippen LogP contribution in [0.25, 0.3) is 0 Å². The van der Waals surface area contributed by atoms with E-state index in [2.05, 4.69) is 4.99 Å². The van der Waals surface area contributed by atoms with Crippen LogP contribution in [0.4, 0.5) is 0 Å². The number of amidine groups is 1. The Bertz CT molecular complexity index is 195. The molecule has 0 aromatic heterocycles. The Hall–Kier alpha value is -0.900.